The average Bonchev–Trinajstić information content (AvgIpc) is 2.29. The monoisotopic (exact) mass is 273 g/mol. The Morgan fingerprint density at radius 3 is 2.67 bits per heavy atom. The number of nitrogens with zero attached hydrogens (tertiary/aromatic N) is 1. The van der Waals surface area contributed by atoms with Crippen LogP contribution in [0.2, 0.25) is 0 Å². The number of rotatable bonds is 6. The minimum absolute atomic E-state index is 0.0807. The van der Waals surface area contributed by atoms with Gasteiger partial charge in [0.25, 0.3) is 0 Å². The van der Waals surface area contributed by atoms with E-state index in [-0.39, 0.29) is 30.2 Å². The molecule has 1 rings (SSSR count). The van der Waals surface area contributed by atoms with E-state index in [2.05, 4.69) is 0 Å². The van der Waals surface area contributed by atoms with Crippen LogP contribution in [-0.4, -0.2) is 31.6 Å². The van der Waals surface area contributed by atoms with E-state index in [0.717, 1.165) is 6.07 Å². The highest BCUT2D eigenvalue weighted by Gasteiger charge is 2.23. The van der Waals surface area contributed by atoms with Crippen LogP contribution in [0.3, 0.4) is 0 Å². The molecule has 100 valence electrons. The number of hydrogen-bond acceptors (Lipinski definition) is 3. The summed E-state index contributed by atoms with van der Waals surface area (Å²) in [5.41, 5.74) is 5.20. The Labute approximate surface area is 106 Å². The molecule has 5 nitrogen and oxygen atoms in total. The van der Waals surface area contributed by atoms with Crippen molar-refractivity contribution in [2.45, 2.75) is 18.2 Å². The third kappa shape index (κ3) is 3.51. The summed E-state index contributed by atoms with van der Waals surface area (Å²) in [7, 11) is -3.73. The largest absolute Gasteiger partial charge is 0.388 e. The number of nitrogens with two attached hydrogens (primary N) is 1. The quantitative estimate of drug-likeness (QED) is 0.602. The number of hydrogen-bond donors (Lipinski definition) is 2. The first kappa shape index (κ1) is 14.6. The molecule has 0 heterocycles. The summed E-state index contributed by atoms with van der Waals surface area (Å²) in [6.07, 6.45) is 0.155. The van der Waals surface area contributed by atoms with Crippen molar-refractivity contribution in [3.63, 3.8) is 0 Å². The lowest BCUT2D eigenvalue weighted by Gasteiger charge is -2.20. The fraction of sp³-hybridized carbons (Fsp3) is 0.364. The van der Waals surface area contributed by atoms with Gasteiger partial charge < -0.3 is 5.73 Å². The number of halogens is 1. The van der Waals surface area contributed by atoms with Gasteiger partial charge in [-0.15, -0.1) is 0 Å². The zero-order chi connectivity index (χ0) is 13.8. The number of nitrogens with one attached hydrogen (secondary N) is 1. The Balaban J connectivity index is 2.99. The predicted molar refractivity (Wildman–Crippen MR) is 67.4 cm³/mol. The molecule has 0 radical (unpaired) electrons. The van der Waals surface area contributed by atoms with Crippen molar-refractivity contribution in [1.29, 1.82) is 5.41 Å². The fourth-order valence-electron chi connectivity index (χ4n) is 1.47. The van der Waals surface area contributed by atoms with Crippen molar-refractivity contribution in [2.75, 3.05) is 13.1 Å². The summed E-state index contributed by atoms with van der Waals surface area (Å²) in [6.45, 7) is 2.04. The van der Waals surface area contributed by atoms with Gasteiger partial charge in [-0.25, -0.2) is 12.8 Å². The summed E-state index contributed by atoms with van der Waals surface area (Å²) in [5, 5.41) is 7.10. The van der Waals surface area contributed by atoms with E-state index < -0.39 is 15.8 Å². The van der Waals surface area contributed by atoms with Gasteiger partial charge in [0.2, 0.25) is 10.0 Å². The van der Waals surface area contributed by atoms with E-state index in [1.54, 1.807) is 6.92 Å². The van der Waals surface area contributed by atoms with Crippen molar-refractivity contribution in [3.8, 4) is 0 Å². The van der Waals surface area contributed by atoms with E-state index in [4.69, 9.17) is 11.1 Å². The molecule has 1 aromatic rings. The van der Waals surface area contributed by atoms with Crippen LogP contribution in [0.25, 0.3) is 0 Å². The molecule has 0 aromatic heterocycles. The molecule has 7 heteroatoms. The molecule has 3 N–H and O–H groups in total. The normalized spacial score (nSPS) is 11.7. The number of amidine groups is 1. The molecule has 0 saturated carbocycles. The molecule has 1 aromatic carbocycles. The van der Waals surface area contributed by atoms with Gasteiger partial charge in [0.1, 0.15) is 5.82 Å². The van der Waals surface area contributed by atoms with E-state index in [1.165, 1.54) is 22.5 Å². The molecular formula is C11H16FN3O2S. The van der Waals surface area contributed by atoms with Crippen molar-refractivity contribution in [2.24, 2.45) is 5.73 Å². The molecule has 0 aliphatic rings. The Hall–Kier alpha value is -1.47. The van der Waals surface area contributed by atoms with Gasteiger partial charge in [0.05, 0.1) is 10.7 Å². The lowest BCUT2D eigenvalue weighted by atomic mass is 10.4. The predicted octanol–water partition coefficient (Wildman–Crippen LogP) is 1.16. The SMILES string of the molecule is CCN(CCC(=N)N)S(=O)(=O)c1cccc(F)c1. The second-order valence-corrected chi connectivity index (χ2v) is 5.67. The molecule has 18 heavy (non-hydrogen) atoms. The standard InChI is InChI=1S/C11H16FN3O2S/c1-2-15(7-6-11(13)14)18(16,17)10-5-3-4-9(12)8-10/h3-5,8H,2,6-7H2,1H3,(H3,13,14). The van der Waals surface area contributed by atoms with Crippen molar-refractivity contribution in [3.05, 3.63) is 30.1 Å². The van der Waals surface area contributed by atoms with Crippen LogP contribution >= 0.6 is 0 Å². The molecule has 0 saturated heterocycles. The highest BCUT2D eigenvalue weighted by molar-refractivity contribution is 7.89. The molecule has 0 amide bonds. The summed E-state index contributed by atoms with van der Waals surface area (Å²) < 4.78 is 38.6. The van der Waals surface area contributed by atoms with Gasteiger partial charge in [0, 0.05) is 19.5 Å². The van der Waals surface area contributed by atoms with Gasteiger partial charge in [0.15, 0.2) is 0 Å². The van der Waals surface area contributed by atoms with Gasteiger partial charge in [-0.05, 0) is 18.2 Å². The highest BCUT2D eigenvalue weighted by atomic mass is 32.2. The summed E-state index contributed by atoms with van der Waals surface area (Å²) in [6, 6.07) is 4.85. The third-order valence-corrected chi connectivity index (χ3v) is 4.39. The maximum atomic E-state index is 13.0. The van der Waals surface area contributed by atoms with Gasteiger partial charge in [-0.3, -0.25) is 5.41 Å². The van der Waals surface area contributed by atoms with E-state index >= 15 is 0 Å². The van der Waals surface area contributed by atoms with Crippen LogP contribution in [0.4, 0.5) is 4.39 Å². The Morgan fingerprint density at radius 2 is 2.17 bits per heavy atom. The smallest absolute Gasteiger partial charge is 0.243 e. The molecule has 0 spiro atoms. The minimum atomic E-state index is -3.73. The van der Waals surface area contributed by atoms with Crippen LogP contribution < -0.4 is 5.73 Å². The zero-order valence-corrected chi connectivity index (χ0v) is 10.9. The van der Waals surface area contributed by atoms with E-state index in [0.29, 0.717) is 0 Å². The molecule has 0 unspecified atom stereocenters. The molecule has 0 aliphatic carbocycles. The topological polar surface area (TPSA) is 87.2 Å². The van der Waals surface area contributed by atoms with Crippen molar-refractivity contribution < 1.29 is 12.8 Å². The second-order valence-electron chi connectivity index (χ2n) is 3.73. The van der Waals surface area contributed by atoms with Gasteiger partial charge >= 0.3 is 0 Å². The van der Waals surface area contributed by atoms with Crippen molar-refractivity contribution >= 4 is 15.9 Å². The van der Waals surface area contributed by atoms with E-state index in [9.17, 15) is 12.8 Å². The minimum Gasteiger partial charge on any atom is -0.388 e. The number of benzene rings is 1. The third-order valence-electron chi connectivity index (χ3n) is 2.42. The van der Waals surface area contributed by atoms with Crippen LogP contribution in [0.15, 0.2) is 29.2 Å². The summed E-state index contributed by atoms with van der Waals surface area (Å²) >= 11 is 0. The van der Waals surface area contributed by atoms with Gasteiger partial charge in [-0.2, -0.15) is 4.31 Å². The Kier molecular flexibility index (Phi) is 4.80. The molecule has 0 fully saturated rings. The lowest BCUT2D eigenvalue weighted by molar-refractivity contribution is 0.436. The van der Waals surface area contributed by atoms with Crippen molar-refractivity contribution in [1.82, 2.24) is 4.31 Å². The lowest BCUT2D eigenvalue weighted by Crippen LogP contribution is -2.33. The molecule has 0 bridgehead atoms. The maximum absolute atomic E-state index is 13.0. The molecule has 0 aliphatic heterocycles. The van der Waals surface area contributed by atoms with Crippen LogP contribution in [-0.2, 0) is 10.0 Å². The highest BCUT2D eigenvalue weighted by Crippen LogP contribution is 2.16. The van der Waals surface area contributed by atoms with Gasteiger partial charge in [-0.1, -0.05) is 13.0 Å². The Morgan fingerprint density at radius 1 is 1.50 bits per heavy atom. The first-order valence-electron chi connectivity index (χ1n) is 5.46. The van der Waals surface area contributed by atoms with Crippen LogP contribution in [0.5, 0.6) is 0 Å². The molecular weight excluding hydrogens is 257 g/mol. The average molecular weight is 273 g/mol. The first-order chi connectivity index (χ1) is 8.37. The maximum Gasteiger partial charge on any atom is 0.243 e. The Bertz CT molecular complexity index is 531. The summed E-state index contributed by atoms with van der Waals surface area (Å²) in [5.74, 6) is -0.679. The zero-order valence-electron chi connectivity index (χ0n) is 10.1. The number of sulfonamides is 1. The van der Waals surface area contributed by atoms with Crippen LogP contribution in [0.1, 0.15) is 13.3 Å². The van der Waals surface area contributed by atoms with Crippen LogP contribution in [0, 0.1) is 11.2 Å². The molecule has 0 atom stereocenters. The second kappa shape index (κ2) is 5.92. The summed E-state index contributed by atoms with van der Waals surface area (Å²) in [4.78, 5) is -0.0899. The van der Waals surface area contributed by atoms with E-state index in [1.807, 2.05) is 0 Å². The first-order valence-corrected chi connectivity index (χ1v) is 6.90. The fourth-order valence-corrected chi connectivity index (χ4v) is 2.95.